The van der Waals surface area contributed by atoms with Gasteiger partial charge in [-0.25, -0.2) is 12.7 Å². The Hall–Kier alpha value is -0.900. The van der Waals surface area contributed by atoms with Gasteiger partial charge in [0.25, 0.3) is 0 Å². The number of nitrogens with zero attached hydrogens (tertiary/aromatic N) is 3. The predicted molar refractivity (Wildman–Crippen MR) is 93.7 cm³/mol. The third-order valence-corrected chi connectivity index (χ3v) is 5.61. The normalized spacial score (nSPS) is 26.8. The fourth-order valence-electron chi connectivity index (χ4n) is 3.09. The highest BCUT2D eigenvalue weighted by molar-refractivity contribution is 7.88. The SMILES string of the molecule is CCNC(=NCC1CCN(S(C)(=O)=O)C1)N1CCOC(COC)C1. The molecule has 0 aromatic carbocycles. The molecular formula is C15H30N4O4S. The van der Waals surface area contributed by atoms with Crippen molar-refractivity contribution in [3.63, 3.8) is 0 Å². The van der Waals surface area contributed by atoms with Crippen LogP contribution in [0.25, 0.3) is 0 Å². The van der Waals surface area contributed by atoms with E-state index in [1.165, 1.54) is 6.26 Å². The zero-order chi connectivity index (χ0) is 17.6. The van der Waals surface area contributed by atoms with Crippen LogP contribution in [0, 0.1) is 5.92 Å². The van der Waals surface area contributed by atoms with Gasteiger partial charge in [-0.15, -0.1) is 0 Å². The van der Waals surface area contributed by atoms with Crippen molar-refractivity contribution >= 4 is 16.0 Å². The van der Waals surface area contributed by atoms with Crippen LogP contribution in [0.4, 0.5) is 0 Å². The van der Waals surface area contributed by atoms with Gasteiger partial charge in [0.2, 0.25) is 10.0 Å². The molecule has 2 fully saturated rings. The molecule has 2 heterocycles. The number of aliphatic imine (C=N–C) groups is 1. The summed E-state index contributed by atoms with van der Waals surface area (Å²) < 4.78 is 35.6. The Morgan fingerprint density at radius 1 is 1.38 bits per heavy atom. The summed E-state index contributed by atoms with van der Waals surface area (Å²) in [7, 11) is -1.41. The maximum absolute atomic E-state index is 11.6. The third kappa shape index (κ3) is 5.58. The van der Waals surface area contributed by atoms with E-state index in [2.05, 4.69) is 10.2 Å². The van der Waals surface area contributed by atoms with Gasteiger partial charge in [0.05, 0.1) is 25.6 Å². The van der Waals surface area contributed by atoms with Crippen molar-refractivity contribution < 1.29 is 17.9 Å². The number of rotatable bonds is 6. The Bertz CT molecular complexity index is 524. The number of morpholine rings is 1. The van der Waals surface area contributed by atoms with E-state index in [9.17, 15) is 8.42 Å². The van der Waals surface area contributed by atoms with Gasteiger partial charge in [-0.2, -0.15) is 0 Å². The Kier molecular flexibility index (Phi) is 7.27. The molecule has 1 N–H and O–H groups in total. The number of methoxy groups -OCH3 is 1. The second-order valence-corrected chi connectivity index (χ2v) is 8.35. The van der Waals surface area contributed by atoms with Gasteiger partial charge in [0.1, 0.15) is 0 Å². The van der Waals surface area contributed by atoms with Crippen LogP contribution >= 0.6 is 0 Å². The molecule has 2 unspecified atom stereocenters. The van der Waals surface area contributed by atoms with Crippen LogP contribution in [-0.4, -0.2) is 95.5 Å². The molecule has 2 atom stereocenters. The van der Waals surface area contributed by atoms with E-state index >= 15 is 0 Å². The lowest BCUT2D eigenvalue weighted by Gasteiger charge is -2.35. The van der Waals surface area contributed by atoms with Crippen molar-refractivity contribution in [2.24, 2.45) is 10.9 Å². The molecule has 0 aromatic rings. The monoisotopic (exact) mass is 362 g/mol. The molecule has 0 aliphatic carbocycles. The molecule has 0 amide bonds. The van der Waals surface area contributed by atoms with Crippen molar-refractivity contribution in [2.45, 2.75) is 19.4 Å². The number of nitrogens with one attached hydrogen (secondary N) is 1. The number of hydrogen-bond donors (Lipinski definition) is 1. The fraction of sp³-hybridized carbons (Fsp3) is 0.933. The smallest absolute Gasteiger partial charge is 0.211 e. The molecule has 0 saturated carbocycles. The molecule has 2 aliphatic heterocycles. The molecule has 140 valence electrons. The molecule has 24 heavy (non-hydrogen) atoms. The summed E-state index contributed by atoms with van der Waals surface area (Å²) in [6.07, 6.45) is 2.19. The Balaban J connectivity index is 1.93. The lowest BCUT2D eigenvalue weighted by atomic mass is 10.1. The molecule has 0 aromatic heterocycles. The van der Waals surface area contributed by atoms with Crippen molar-refractivity contribution in [3.8, 4) is 0 Å². The highest BCUT2D eigenvalue weighted by atomic mass is 32.2. The molecule has 9 heteroatoms. The minimum absolute atomic E-state index is 0.0554. The summed E-state index contributed by atoms with van der Waals surface area (Å²) in [5.41, 5.74) is 0. The molecule has 0 bridgehead atoms. The number of guanidine groups is 1. The molecule has 8 nitrogen and oxygen atoms in total. The molecule has 2 saturated heterocycles. The first kappa shape index (κ1) is 19.4. The van der Waals surface area contributed by atoms with E-state index in [0.717, 1.165) is 32.0 Å². The summed E-state index contributed by atoms with van der Waals surface area (Å²) >= 11 is 0. The quantitative estimate of drug-likeness (QED) is 0.510. The summed E-state index contributed by atoms with van der Waals surface area (Å²) in [4.78, 5) is 6.94. The topological polar surface area (TPSA) is 83.5 Å². The van der Waals surface area contributed by atoms with Crippen LogP contribution in [0.1, 0.15) is 13.3 Å². The second kappa shape index (κ2) is 8.98. The highest BCUT2D eigenvalue weighted by Gasteiger charge is 2.29. The van der Waals surface area contributed by atoms with Gasteiger partial charge < -0.3 is 19.7 Å². The first-order valence-electron chi connectivity index (χ1n) is 8.53. The van der Waals surface area contributed by atoms with E-state index in [4.69, 9.17) is 14.5 Å². The van der Waals surface area contributed by atoms with Crippen molar-refractivity contribution in [3.05, 3.63) is 0 Å². The maximum Gasteiger partial charge on any atom is 0.211 e. The Labute approximate surface area is 145 Å². The molecule has 2 aliphatic rings. The number of sulfonamides is 1. The standard InChI is InChI=1S/C15H30N4O4S/c1-4-16-15(18-7-8-23-14(11-18)12-22-2)17-9-13-5-6-19(10-13)24(3,20)21/h13-14H,4-12H2,1-3H3,(H,16,17). The summed E-state index contributed by atoms with van der Waals surface area (Å²) in [5.74, 6) is 1.16. The molecule has 2 rings (SSSR count). The first-order valence-corrected chi connectivity index (χ1v) is 10.4. The largest absolute Gasteiger partial charge is 0.382 e. The fourth-order valence-corrected chi connectivity index (χ4v) is 4.01. The zero-order valence-electron chi connectivity index (χ0n) is 14.9. The minimum atomic E-state index is -3.09. The van der Waals surface area contributed by atoms with Crippen LogP contribution in [0.3, 0.4) is 0 Å². The van der Waals surface area contributed by atoms with Gasteiger partial charge in [-0.05, 0) is 19.3 Å². The van der Waals surface area contributed by atoms with Gasteiger partial charge >= 0.3 is 0 Å². The molecule has 0 spiro atoms. The first-order chi connectivity index (χ1) is 11.4. The van der Waals surface area contributed by atoms with E-state index in [1.807, 2.05) is 6.92 Å². The van der Waals surface area contributed by atoms with Crippen molar-refractivity contribution in [1.82, 2.24) is 14.5 Å². The Morgan fingerprint density at radius 3 is 2.79 bits per heavy atom. The third-order valence-electron chi connectivity index (χ3n) is 4.34. The average Bonchev–Trinajstić information content (AvgIpc) is 3.01. The highest BCUT2D eigenvalue weighted by Crippen LogP contribution is 2.19. The molecule has 0 radical (unpaired) electrons. The van der Waals surface area contributed by atoms with Gasteiger partial charge in [0.15, 0.2) is 5.96 Å². The van der Waals surface area contributed by atoms with E-state index < -0.39 is 10.0 Å². The summed E-state index contributed by atoms with van der Waals surface area (Å²) in [6.45, 7) is 7.42. The number of ether oxygens (including phenoxy) is 2. The van der Waals surface area contributed by atoms with E-state index in [-0.39, 0.29) is 12.0 Å². The second-order valence-electron chi connectivity index (χ2n) is 6.36. The Morgan fingerprint density at radius 2 is 2.17 bits per heavy atom. The predicted octanol–water partition coefficient (Wildman–Crippen LogP) is -0.419. The summed E-state index contributed by atoms with van der Waals surface area (Å²) in [5, 5.41) is 3.33. The van der Waals surface area contributed by atoms with E-state index in [0.29, 0.717) is 32.8 Å². The van der Waals surface area contributed by atoms with Crippen molar-refractivity contribution in [2.75, 3.05) is 65.8 Å². The van der Waals surface area contributed by atoms with Crippen LogP contribution in [0.15, 0.2) is 4.99 Å². The van der Waals surface area contributed by atoms with Gasteiger partial charge in [-0.1, -0.05) is 0 Å². The molecular weight excluding hydrogens is 332 g/mol. The summed E-state index contributed by atoms with van der Waals surface area (Å²) in [6, 6.07) is 0. The van der Waals surface area contributed by atoms with Gasteiger partial charge in [-0.3, -0.25) is 4.99 Å². The average molecular weight is 362 g/mol. The van der Waals surface area contributed by atoms with Crippen LogP contribution in [-0.2, 0) is 19.5 Å². The maximum atomic E-state index is 11.6. The van der Waals surface area contributed by atoms with Crippen molar-refractivity contribution in [1.29, 1.82) is 0 Å². The van der Waals surface area contributed by atoms with Gasteiger partial charge in [0, 0.05) is 46.4 Å². The minimum Gasteiger partial charge on any atom is -0.382 e. The van der Waals surface area contributed by atoms with Crippen LogP contribution in [0.5, 0.6) is 0 Å². The lowest BCUT2D eigenvalue weighted by molar-refractivity contribution is -0.0447. The lowest BCUT2D eigenvalue weighted by Crippen LogP contribution is -2.51. The van der Waals surface area contributed by atoms with Crippen LogP contribution < -0.4 is 5.32 Å². The number of hydrogen-bond acceptors (Lipinski definition) is 5. The zero-order valence-corrected chi connectivity index (χ0v) is 15.7. The van der Waals surface area contributed by atoms with Crippen LogP contribution in [0.2, 0.25) is 0 Å². The van der Waals surface area contributed by atoms with E-state index in [1.54, 1.807) is 11.4 Å².